The molecule has 2 aromatic rings. The number of aromatic nitrogens is 1. The van der Waals surface area contributed by atoms with Gasteiger partial charge >= 0.3 is 0 Å². The van der Waals surface area contributed by atoms with Gasteiger partial charge in [-0.15, -0.1) is 11.3 Å². The summed E-state index contributed by atoms with van der Waals surface area (Å²) >= 11 is 5.23. The Morgan fingerprint density at radius 3 is 3.00 bits per heavy atom. The molecule has 16 heavy (non-hydrogen) atoms. The van der Waals surface area contributed by atoms with E-state index < -0.39 is 0 Å². The molecule has 0 atom stereocenters. The first kappa shape index (κ1) is 11.6. The third-order valence-electron chi connectivity index (χ3n) is 2.19. The van der Waals surface area contributed by atoms with Gasteiger partial charge in [-0.1, -0.05) is 6.92 Å². The Bertz CT molecular complexity index is 468. The second kappa shape index (κ2) is 5.46. The normalized spacial score (nSPS) is 10.4. The van der Waals surface area contributed by atoms with E-state index in [1.54, 1.807) is 11.3 Å². The van der Waals surface area contributed by atoms with Crippen LogP contribution in [0, 0.1) is 0 Å². The Morgan fingerprint density at radius 2 is 2.31 bits per heavy atom. The molecule has 0 radical (unpaired) electrons. The standard InChI is InChI=1S/C12H13BrN2S/c1-2-5-14-9-3-6-15-11(8-9)12-10(13)4-7-16-12/h3-4,6-8H,2,5H2,1H3,(H,14,15). The highest BCUT2D eigenvalue weighted by molar-refractivity contribution is 9.10. The quantitative estimate of drug-likeness (QED) is 0.905. The van der Waals surface area contributed by atoms with Crippen LogP contribution in [0.25, 0.3) is 10.6 Å². The van der Waals surface area contributed by atoms with Gasteiger partial charge in [0, 0.05) is 22.9 Å². The number of pyridine rings is 1. The van der Waals surface area contributed by atoms with Crippen LogP contribution in [-0.2, 0) is 0 Å². The second-order valence-corrected chi connectivity index (χ2v) is 5.22. The largest absolute Gasteiger partial charge is 0.385 e. The van der Waals surface area contributed by atoms with E-state index >= 15 is 0 Å². The summed E-state index contributed by atoms with van der Waals surface area (Å²) in [4.78, 5) is 5.57. The number of hydrogen-bond donors (Lipinski definition) is 1. The van der Waals surface area contributed by atoms with E-state index in [4.69, 9.17) is 0 Å². The molecule has 0 bridgehead atoms. The molecular weight excluding hydrogens is 284 g/mol. The number of nitrogens with zero attached hydrogens (tertiary/aromatic N) is 1. The van der Waals surface area contributed by atoms with Gasteiger partial charge in [0.25, 0.3) is 0 Å². The molecule has 0 aliphatic carbocycles. The van der Waals surface area contributed by atoms with Crippen molar-refractivity contribution in [1.82, 2.24) is 4.98 Å². The lowest BCUT2D eigenvalue weighted by Gasteiger charge is -2.05. The highest BCUT2D eigenvalue weighted by Gasteiger charge is 2.06. The zero-order chi connectivity index (χ0) is 11.4. The van der Waals surface area contributed by atoms with Crippen molar-refractivity contribution in [2.75, 3.05) is 11.9 Å². The van der Waals surface area contributed by atoms with E-state index in [1.165, 1.54) is 4.88 Å². The maximum absolute atomic E-state index is 4.39. The molecule has 0 saturated carbocycles. The van der Waals surface area contributed by atoms with Gasteiger partial charge < -0.3 is 5.32 Å². The Kier molecular flexibility index (Phi) is 3.96. The zero-order valence-electron chi connectivity index (χ0n) is 9.03. The van der Waals surface area contributed by atoms with Crippen molar-refractivity contribution in [3.8, 4) is 10.6 Å². The molecule has 0 fully saturated rings. The predicted octanol–water partition coefficient (Wildman–Crippen LogP) is 4.39. The van der Waals surface area contributed by atoms with E-state index in [0.717, 1.165) is 28.8 Å². The number of anilines is 1. The fourth-order valence-electron chi connectivity index (χ4n) is 1.41. The van der Waals surface area contributed by atoms with Crippen LogP contribution in [0.2, 0.25) is 0 Å². The predicted molar refractivity (Wildman–Crippen MR) is 74.0 cm³/mol. The smallest absolute Gasteiger partial charge is 0.0833 e. The average Bonchev–Trinajstić information content (AvgIpc) is 2.73. The Balaban J connectivity index is 2.26. The van der Waals surface area contributed by atoms with Crippen molar-refractivity contribution in [2.24, 2.45) is 0 Å². The zero-order valence-corrected chi connectivity index (χ0v) is 11.4. The van der Waals surface area contributed by atoms with Gasteiger partial charge in [-0.25, -0.2) is 0 Å². The molecule has 84 valence electrons. The summed E-state index contributed by atoms with van der Waals surface area (Å²) in [6.07, 6.45) is 2.97. The van der Waals surface area contributed by atoms with Gasteiger partial charge in [-0.05, 0) is 45.9 Å². The number of hydrogen-bond acceptors (Lipinski definition) is 3. The van der Waals surface area contributed by atoms with Crippen LogP contribution in [-0.4, -0.2) is 11.5 Å². The topological polar surface area (TPSA) is 24.9 Å². The summed E-state index contributed by atoms with van der Waals surface area (Å²) in [5, 5.41) is 5.43. The third-order valence-corrected chi connectivity index (χ3v) is 4.05. The van der Waals surface area contributed by atoms with E-state index in [1.807, 2.05) is 18.3 Å². The maximum atomic E-state index is 4.39. The Morgan fingerprint density at radius 1 is 1.44 bits per heavy atom. The number of thiophene rings is 1. The van der Waals surface area contributed by atoms with Gasteiger partial charge in [0.1, 0.15) is 0 Å². The van der Waals surface area contributed by atoms with Crippen LogP contribution in [0.5, 0.6) is 0 Å². The Labute approximate surface area is 108 Å². The molecule has 4 heteroatoms. The van der Waals surface area contributed by atoms with Crippen molar-refractivity contribution in [1.29, 1.82) is 0 Å². The fraction of sp³-hybridized carbons (Fsp3) is 0.250. The first-order chi connectivity index (χ1) is 7.81. The van der Waals surface area contributed by atoms with E-state index in [2.05, 4.69) is 44.6 Å². The highest BCUT2D eigenvalue weighted by Crippen LogP contribution is 2.32. The molecule has 2 heterocycles. The SMILES string of the molecule is CCCNc1ccnc(-c2sccc2Br)c1. The molecule has 0 aromatic carbocycles. The lowest BCUT2D eigenvalue weighted by molar-refractivity contribution is 0.979. The molecule has 1 N–H and O–H groups in total. The van der Waals surface area contributed by atoms with Crippen LogP contribution in [0.15, 0.2) is 34.2 Å². The summed E-state index contributed by atoms with van der Waals surface area (Å²) in [5.74, 6) is 0. The minimum Gasteiger partial charge on any atom is -0.385 e. The lowest BCUT2D eigenvalue weighted by Crippen LogP contribution is -1.99. The maximum Gasteiger partial charge on any atom is 0.0833 e. The summed E-state index contributed by atoms with van der Waals surface area (Å²) in [6, 6.07) is 6.14. The molecule has 2 rings (SSSR count). The van der Waals surface area contributed by atoms with Gasteiger partial charge in [-0.3, -0.25) is 4.98 Å². The van der Waals surface area contributed by atoms with Crippen LogP contribution in [0.1, 0.15) is 13.3 Å². The van der Waals surface area contributed by atoms with E-state index in [9.17, 15) is 0 Å². The van der Waals surface area contributed by atoms with Crippen molar-refractivity contribution in [3.05, 3.63) is 34.2 Å². The van der Waals surface area contributed by atoms with Crippen molar-refractivity contribution in [3.63, 3.8) is 0 Å². The molecular formula is C12H13BrN2S. The summed E-state index contributed by atoms with van der Waals surface area (Å²) in [5.41, 5.74) is 2.15. The van der Waals surface area contributed by atoms with Gasteiger partial charge in [0.2, 0.25) is 0 Å². The lowest BCUT2D eigenvalue weighted by atomic mass is 10.2. The minimum absolute atomic E-state index is 0.995. The minimum atomic E-state index is 0.995. The van der Waals surface area contributed by atoms with Crippen LogP contribution in [0.3, 0.4) is 0 Å². The fourth-order valence-corrected chi connectivity index (χ4v) is 2.95. The molecule has 0 unspecified atom stereocenters. The van der Waals surface area contributed by atoms with E-state index in [-0.39, 0.29) is 0 Å². The first-order valence-corrected chi connectivity index (χ1v) is 6.92. The first-order valence-electron chi connectivity index (χ1n) is 5.24. The molecule has 2 aromatic heterocycles. The van der Waals surface area contributed by atoms with Crippen LogP contribution < -0.4 is 5.32 Å². The molecule has 0 saturated heterocycles. The molecule has 0 aliphatic heterocycles. The summed E-state index contributed by atoms with van der Waals surface area (Å²) < 4.78 is 1.11. The molecule has 0 amide bonds. The van der Waals surface area contributed by atoms with Crippen LogP contribution in [0.4, 0.5) is 5.69 Å². The Hall–Kier alpha value is -0.870. The number of nitrogens with one attached hydrogen (secondary N) is 1. The second-order valence-electron chi connectivity index (χ2n) is 3.45. The summed E-state index contributed by atoms with van der Waals surface area (Å²) in [7, 11) is 0. The van der Waals surface area contributed by atoms with Gasteiger partial charge in [-0.2, -0.15) is 0 Å². The van der Waals surface area contributed by atoms with E-state index in [0.29, 0.717) is 0 Å². The summed E-state index contributed by atoms with van der Waals surface area (Å²) in [6.45, 7) is 3.15. The van der Waals surface area contributed by atoms with Gasteiger partial charge in [0.15, 0.2) is 0 Å². The molecule has 0 aliphatic rings. The van der Waals surface area contributed by atoms with Gasteiger partial charge in [0.05, 0.1) is 10.6 Å². The van der Waals surface area contributed by atoms with Crippen LogP contribution >= 0.6 is 27.3 Å². The third kappa shape index (κ3) is 2.62. The highest BCUT2D eigenvalue weighted by atomic mass is 79.9. The average molecular weight is 297 g/mol. The van der Waals surface area contributed by atoms with Crippen molar-refractivity contribution in [2.45, 2.75) is 13.3 Å². The number of rotatable bonds is 4. The monoisotopic (exact) mass is 296 g/mol. The number of halogens is 1. The van der Waals surface area contributed by atoms with Crippen molar-refractivity contribution < 1.29 is 0 Å². The van der Waals surface area contributed by atoms with Crippen molar-refractivity contribution >= 4 is 33.0 Å². The molecule has 0 spiro atoms. The molecule has 2 nitrogen and oxygen atoms in total.